The molecule has 0 aliphatic rings. The maximum atomic E-state index is 11.2. The van der Waals surface area contributed by atoms with Crippen molar-refractivity contribution in [1.82, 2.24) is 33.2 Å². The van der Waals surface area contributed by atoms with Crippen molar-refractivity contribution >= 4 is 131 Å². The SMILES string of the molecule is N#Cc1cc(-n2c3ccccc3c3c(-c4ccc5c6c7ccccc7ccc6n(-c6ccccc6)c5c4)cccc32)nc2ccc(-c3cccc4c3ccc3c4c4ccc(-c5cccc6c5c5ccccc5n6-c5nc(C#N)c6ccccc6n5)cc4n3-c3ccccc3)cc12. The van der Waals surface area contributed by atoms with Crippen LogP contribution in [-0.2, 0) is 0 Å². The van der Waals surface area contributed by atoms with Crippen LogP contribution in [-0.4, -0.2) is 33.2 Å². The first-order valence-electron chi connectivity index (χ1n) is 32.2. The van der Waals surface area contributed by atoms with E-state index in [0.29, 0.717) is 28.5 Å². The van der Waals surface area contributed by atoms with Gasteiger partial charge in [0.2, 0.25) is 5.95 Å². The first-order valence-corrected chi connectivity index (χ1v) is 32.2. The maximum Gasteiger partial charge on any atom is 0.236 e. The molecule has 0 saturated carbocycles. The molecule has 0 bridgehead atoms. The lowest BCUT2D eigenvalue weighted by Gasteiger charge is -2.13. The number of pyridine rings is 1. The molecule has 9 heteroatoms. The number of nitrogens with zero attached hydrogens (tertiary/aromatic N) is 9. The van der Waals surface area contributed by atoms with Gasteiger partial charge in [0, 0.05) is 65.2 Å². The van der Waals surface area contributed by atoms with Gasteiger partial charge in [-0.2, -0.15) is 10.5 Å². The summed E-state index contributed by atoms with van der Waals surface area (Å²) >= 11 is 0. The van der Waals surface area contributed by atoms with E-state index >= 15 is 0 Å². The normalized spacial score (nSPS) is 11.9. The van der Waals surface area contributed by atoms with Gasteiger partial charge in [0.1, 0.15) is 11.9 Å². The van der Waals surface area contributed by atoms with Gasteiger partial charge >= 0.3 is 0 Å². The Labute approximate surface area is 548 Å². The Hall–Kier alpha value is -13.5. The van der Waals surface area contributed by atoms with E-state index < -0.39 is 0 Å². The Balaban J connectivity index is 0.716. The van der Waals surface area contributed by atoms with E-state index in [9.17, 15) is 10.5 Å². The van der Waals surface area contributed by atoms with Gasteiger partial charge in [-0.3, -0.25) is 9.13 Å². The highest BCUT2D eigenvalue weighted by Gasteiger charge is 2.25. The fraction of sp³-hybridized carbons (Fsp3) is 0. The molecule has 6 heterocycles. The molecule has 14 aromatic carbocycles. The lowest BCUT2D eigenvalue weighted by Crippen LogP contribution is -2.03. The number of hydrogen-bond donors (Lipinski definition) is 0. The number of aromatic nitrogens is 7. The summed E-state index contributed by atoms with van der Waals surface area (Å²) < 4.78 is 9.11. The summed E-state index contributed by atoms with van der Waals surface area (Å²) in [7, 11) is 0. The summed E-state index contributed by atoms with van der Waals surface area (Å²) in [5, 5.41) is 36.8. The third kappa shape index (κ3) is 7.68. The van der Waals surface area contributed by atoms with Crippen molar-refractivity contribution in [1.29, 1.82) is 10.5 Å². The van der Waals surface area contributed by atoms with Gasteiger partial charge < -0.3 is 9.13 Å². The summed E-state index contributed by atoms with van der Waals surface area (Å²) in [5.74, 6) is 1.13. The van der Waals surface area contributed by atoms with Crippen LogP contribution >= 0.6 is 0 Å². The minimum atomic E-state index is 0.338. The van der Waals surface area contributed by atoms with Gasteiger partial charge in [0.25, 0.3) is 0 Å². The number of para-hydroxylation sites is 5. The molecule has 0 aliphatic carbocycles. The van der Waals surface area contributed by atoms with E-state index in [-0.39, 0.29) is 0 Å². The zero-order chi connectivity index (χ0) is 63.3. The maximum absolute atomic E-state index is 11.2. The highest BCUT2D eigenvalue weighted by atomic mass is 15.2. The lowest BCUT2D eigenvalue weighted by atomic mass is 9.93. The molecule has 0 atom stereocenters. The van der Waals surface area contributed by atoms with E-state index in [1.54, 1.807) is 0 Å². The van der Waals surface area contributed by atoms with Crippen LogP contribution < -0.4 is 0 Å². The lowest BCUT2D eigenvalue weighted by molar-refractivity contribution is 1.00. The van der Waals surface area contributed by atoms with Crippen LogP contribution in [0.15, 0.2) is 297 Å². The molecule has 0 amide bonds. The van der Waals surface area contributed by atoms with E-state index in [4.69, 9.17) is 15.0 Å². The highest BCUT2D eigenvalue weighted by Crippen LogP contribution is 2.47. The Morgan fingerprint density at radius 2 is 0.740 bits per heavy atom. The van der Waals surface area contributed by atoms with Gasteiger partial charge in [-0.05, 0) is 158 Å². The van der Waals surface area contributed by atoms with Crippen molar-refractivity contribution in [3.05, 3.63) is 309 Å². The Kier molecular flexibility index (Phi) is 11.4. The minimum absolute atomic E-state index is 0.338. The van der Waals surface area contributed by atoms with Crippen molar-refractivity contribution in [3.63, 3.8) is 0 Å². The van der Waals surface area contributed by atoms with Crippen LogP contribution in [0.5, 0.6) is 0 Å². The van der Waals surface area contributed by atoms with Crippen molar-refractivity contribution in [2.45, 2.75) is 0 Å². The van der Waals surface area contributed by atoms with E-state index in [1.165, 1.54) is 27.1 Å². The van der Waals surface area contributed by atoms with Gasteiger partial charge in [0.05, 0.1) is 66.8 Å². The van der Waals surface area contributed by atoms with Crippen LogP contribution in [0.3, 0.4) is 0 Å². The van der Waals surface area contributed by atoms with Crippen molar-refractivity contribution in [2.24, 2.45) is 0 Å². The molecule has 0 saturated heterocycles. The molecule has 9 nitrogen and oxygen atoms in total. The molecular formula is C87H49N9. The third-order valence-corrected chi connectivity index (χ3v) is 19.8. The van der Waals surface area contributed by atoms with Gasteiger partial charge in [-0.1, -0.05) is 194 Å². The largest absolute Gasteiger partial charge is 0.309 e. The quantitative estimate of drug-likeness (QED) is 0.158. The summed E-state index contributed by atoms with van der Waals surface area (Å²) in [4.78, 5) is 15.4. The van der Waals surface area contributed by atoms with E-state index in [0.717, 1.165) is 143 Å². The minimum Gasteiger partial charge on any atom is -0.309 e. The second-order valence-electron chi connectivity index (χ2n) is 24.8. The van der Waals surface area contributed by atoms with Gasteiger partial charge in [0.15, 0.2) is 5.69 Å². The van der Waals surface area contributed by atoms with Crippen LogP contribution in [0, 0.1) is 22.7 Å². The Morgan fingerprint density at radius 3 is 1.41 bits per heavy atom. The average molecular weight is 1220 g/mol. The van der Waals surface area contributed by atoms with Crippen LogP contribution in [0.1, 0.15) is 11.3 Å². The molecular weight excluding hydrogens is 1170 g/mol. The summed E-state index contributed by atoms with van der Waals surface area (Å²) in [6, 6.07) is 110. The Bertz CT molecular complexity index is 6850. The van der Waals surface area contributed by atoms with Gasteiger partial charge in [-0.15, -0.1) is 0 Å². The van der Waals surface area contributed by atoms with E-state index in [2.05, 4.69) is 291 Å². The second-order valence-corrected chi connectivity index (χ2v) is 24.8. The molecule has 0 fully saturated rings. The van der Waals surface area contributed by atoms with Crippen LogP contribution in [0.25, 0.3) is 187 Å². The standard InChI is InChI=1S/C87H49N9/c88-50-56-49-82(95-74-32-13-10-25-66(74)84-61(28-16-34-76(84)95)54-36-40-68-80(47-54)93(57-19-3-1-4-20-57)78-44-39-52-18-7-8-23-60(52)83(68)78)90-72-43-38-53(46-70(56)72)59-27-15-30-64-63(59)42-45-79-86(64)69-41-37-55(48-81(69)94(79)58-21-5-2-6-22-58)62-29-17-35-77-85(62)67-26-11-14-33-75(67)96(77)87-91-71-31-12-9-24-65(71)73(51-89)92-87/h1-49H. The first-order chi connectivity index (χ1) is 47.5. The van der Waals surface area contributed by atoms with Crippen molar-refractivity contribution < 1.29 is 0 Å². The summed E-state index contributed by atoms with van der Waals surface area (Å²) in [6.45, 7) is 0. The number of benzene rings is 14. The number of fused-ring (bicyclic) bond motifs is 18. The van der Waals surface area contributed by atoms with Gasteiger partial charge in [-0.25, -0.2) is 15.0 Å². The zero-order valence-corrected chi connectivity index (χ0v) is 51.3. The molecule has 6 aromatic heterocycles. The molecule has 0 N–H and O–H groups in total. The second kappa shape index (κ2) is 20.5. The van der Waals surface area contributed by atoms with Crippen LogP contribution in [0.4, 0.5) is 0 Å². The average Bonchev–Trinajstić information content (AvgIpc) is 1.57. The topological polar surface area (TPSA) is 106 Å². The first kappa shape index (κ1) is 53.2. The molecule has 20 rings (SSSR count). The third-order valence-electron chi connectivity index (χ3n) is 19.8. The molecule has 96 heavy (non-hydrogen) atoms. The molecule has 0 aliphatic heterocycles. The summed E-state index contributed by atoms with van der Waals surface area (Å²) in [5.41, 5.74) is 19.3. The highest BCUT2D eigenvalue weighted by molar-refractivity contribution is 6.26. The van der Waals surface area contributed by atoms with Crippen molar-refractivity contribution in [2.75, 3.05) is 0 Å². The fourth-order valence-corrected chi connectivity index (χ4v) is 15.8. The molecule has 442 valence electrons. The van der Waals surface area contributed by atoms with Crippen molar-refractivity contribution in [3.8, 4) is 68.7 Å². The fourth-order valence-electron chi connectivity index (χ4n) is 15.8. The predicted molar refractivity (Wildman–Crippen MR) is 393 cm³/mol. The smallest absolute Gasteiger partial charge is 0.236 e. The number of rotatable bonds is 7. The molecule has 0 spiro atoms. The monoisotopic (exact) mass is 1220 g/mol. The number of hydrogen-bond acceptors (Lipinski definition) is 5. The van der Waals surface area contributed by atoms with E-state index in [1.807, 2.05) is 36.4 Å². The predicted octanol–water partition coefficient (Wildman–Crippen LogP) is 21.6. The Morgan fingerprint density at radius 1 is 0.260 bits per heavy atom. The van der Waals surface area contributed by atoms with Crippen LogP contribution in [0.2, 0.25) is 0 Å². The summed E-state index contributed by atoms with van der Waals surface area (Å²) in [6.07, 6.45) is 0. The zero-order valence-electron chi connectivity index (χ0n) is 51.3. The molecule has 0 radical (unpaired) electrons. The molecule has 0 unspecified atom stereocenters. The number of nitriles is 2. The molecule has 20 aromatic rings.